The first kappa shape index (κ1) is 18.9. The number of aliphatic hydroxyl groups excluding tert-OH is 1. The normalized spacial score (nSPS) is 15.1. The fourth-order valence-electron chi connectivity index (χ4n) is 4.47. The largest absolute Gasteiger partial charge is 0.387 e. The lowest BCUT2D eigenvalue weighted by molar-refractivity contribution is 0.171. The van der Waals surface area contributed by atoms with Crippen LogP contribution in [-0.2, 0) is 25.7 Å². The molecule has 1 aliphatic rings. The third-order valence-electron chi connectivity index (χ3n) is 5.97. The van der Waals surface area contributed by atoms with Crippen LogP contribution in [0, 0.1) is 0 Å². The number of nitrogens with one attached hydrogen (secondary N) is 2. The Bertz CT molecular complexity index is 1020. The lowest BCUT2D eigenvalue weighted by Crippen LogP contribution is -2.33. The molecule has 0 aliphatic heterocycles. The van der Waals surface area contributed by atoms with Gasteiger partial charge in [-0.25, -0.2) is 0 Å². The smallest absolute Gasteiger partial charge is 0.248 e. The van der Waals surface area contributed by atoms with E-state index in [1.54, 1.807) is 6.07 Å². The van der Waals surface area contributed by atoms with Crippen LogP contribution in [0.5, 0.6) is 0 Å². The molecule has 0 amide bonds. The maximum absolute atomic E-state index is 11.5. The van der Waals surface area contributed by atoms with Crippen LogP contribution < -0.4 is 10.9 Å². The van der Waals surface area contributed by atoms with Crippen molar-refractivity contribution in [3.63, 3.8) is 0 Å². The molecular formula is C24H28N2O2. The molecule has 0 unspecified atom stereocenters. The number of rotatable bonds is 6. The number of aromatic nitrogens is 1. The van der Waals surface area contributed by atoms with Gasteiger partial charge in [-0.2, -0.15) is 0 Å². The highest BCUT2D eigenvalue weighted by atomic mass is 16.3. The second kappa shape index (κ2) is 7.90. The molecule has 3 aromatic rings. The van der Waals surface area contributed by atoms with Crippen LogP contribution in [0.2, 0.25) is 0 Å². The van der Waals surface area contributed by atoms with E-state index >= 15 is 0 Å². The fourth-order valence-corrected chi connectivity index (χ4v) is 4.47. The third kappa shape index (κ3) is 3.62. The summed E-state index contributed by atoms with van der Waals surface area (Å²) in [6.45, 7) is 4.94. The molecule has 4 nitrogen and oxygen atoms in total. The summed E-state index contributed by atoms with van der Waals surface area (Å²) in [5, 5.41) is 15.2. The molecule has 0 saturated carbocycles. The SMILES string of the molecule is [13CH3][13CH2]c1cc2c(cc1[13CH2][13CH3])CC(NC[C@H](O)c1cccc3[nH]c(=O)ccc13)C2. The van der Waals surface area contributed by atoms with Crippen molar-refractivity contribution in [3.8, 4) is 0 Å². The van der Waals surface area contributed by atoms with Crippen molar-refractivity contribution in [1.82, 2.24) is 10.3 Å². The summed E-state index contributed by atoms with van der Waals surface area (Å²) >= 11 is 0. The van der Waals surface area contributed by atoms with Gasteiger partial charge in [0.15, 0.2) is 0 Å². The van der Waals surface area contributed by atoms with Crippen LogP contribution in [0.3, 0.4) is 0 Å². The summed E-state index contributed by atoms with van der Waals surface area (Å²) in [6.07, 6.45) is 3.58. The predicted molar refractivity (Wildman–Crippen MR) is 114 cm³/mol. The average Bonchev–Trinajstić information content (AvgIpc) is 3.11. The quantitative estimate of drug-likeness (QED) is 0.574. The molecule has 4 rings (SSSR count). The van der Waals surface area contributed by atoms with E-state index in [0.29, 0.717) is 12.6 Å². The molecule has 2 aromatic carbocycles. The number of aliphatic hydroxyl groups is 1. The molecule has 0 spiro atoms. The zero-order valence-electron chi connectivity index (χ0n) is 16.6. The highest BCUT2D eigenvalue weighted by Gasteiger charge is 2.23. The lowest BCUT2D eigenvalue weighted by atomic mass is 10.0. The Labute approximate surface area is 165 Å². The van der Waals surface area contributed by atoms with Gasteiger partial charge in [0.2, 0.25) is 5.56 Å². The van der Waals surface area contributed by atoms with Gasteiger partial charge < -0.3 is 15.4 Å². The van der Waals surface area contributed by atoms with Crippen LogP contribution in [0.15, 0.2) is 47.3 Å². The molecule has 28 heavy (non-hydrogen) atoms. The second-order valence-corrected chi connectivity index (χ2v) is 7.76. The van der Waals surface area contributed by atoms with Gasteiger partial charge in [-0.1, -0.05) is 38.1 Å². The Hall–Kier alpha value is -2.43. The van der Waals surface area contributed by atoms with Crippen LogP contribution in [-0.4, -0.2) is 22.7 Å². The Morgan fingerprint density at radius 1 is 1.07 bits per heavy atom. The number of aryl methyl sites for hydroxylation is 2. The third-order valence-corrected chi connectivity index (χ3v) is 5.97. The summed E-state index contributed by atoms with van der Waals surface area (Å²) in [5.74, 6) is 0. The number of hydrogen-bond donors (Lipinski definition) is 3. The second-order valence-electron chi connectivity index (χ2n) is 7.76. The Balaban J connectivity index is 1.46. The Kier molecular flexibility index (Phi) is 5.33. The molecule has 0 bridgehead atoms. The zero-order valence-corrected chi connectivity index (χ0v) is 16.6. The Morgan fingerprint density at radius 2 is 1.75 bits per heavy atom. The van der Waals surface area contributed by atoms with Gasteiger partial charge in [-0.3, -0.25) is 4.79 Å². The summed E-state index contributed by atoms with van der Waals surface area (Å²) < 4.78 is 0. The van der Waals surface area contributed by atoms with Gasteiger partial charge in [0.25, 0.3) is 0 Å². The molecule has 1 aromatic heterocycles. The first-order valence-electron chi connectivity index (χ1n) is 10.3. The van der Waals surface area contributed by atoms with E-state index in [1.165, 1.54) is 28.3 Å². The standard InChI is InChI=1S/C24H28N2O2/c1-3-15-10-17-12-19(13-18(17)11-16(15)4-2)25-14-23(27)21-6-5-7-22-20(21)8-9-24(28)26-22/h5-11,19,23,25,27H,3-4,12-14H2,1-2H3,(H,26,28)/t23-/m0/s1/i1+1,2+1,3+1,4+1. The molecule has 3 N–H and O–H groups in total. The minimum absolute atomic E-state index is 0.126. The van der Waals surface area contributed by atoms with Crippen molar-refractivity contribution < 1.29 is 5.11 Å². The molecule has 0 saturated heterocycles. The van der Waals surface area contributed by atoms with Crippen molar-refractivity contribution >= 4 is 10.9 Å². The van der Waals surface area contributed by atoms with Crippen LogP contribution in [0.25, 0.3) is 10.9 Å². The Morgan fingerprint density at radius 3 is 2.39 bits per heavy atom. The fraction of sp³-hybridized carbons (Fsp3) is 0.375. The molecular weight excluding hydrogens is 352 g/mol. The van der Waals surface area contributed by atoms with Crippen molar-refractivity contribution in [2.75, 3.05) is 6.54 Å². The van der Waals surface area contributed by atoms with Gasteiger partial charge in [0, 0.05) is 29.6 Å². The zero-order chi connectivity index (χ0) is 19.7. The number of benzene rings is 2. The van der Waals surface area contributed by atoms with E-state index in [0.717, 1.165) is 42.1 Å². The van der Waals surface area contributed by atoms with Gasteiger partial charge >= 0.3 is 0 Å². The summed E-state index contributed by atoms with van der Waals surface area (Å²) in [6, 6.07) is 14.1. The average molecular weight is 380 g/mol. The summed E-state index contributed by atoms with van der Waals surface area (Å²) in [5.41, 5.74) is 7.31. The number of hydrogen-bond acceptors (Lipinski definition) is 3. The summed E-state index contributed by atoms with van der Waals surface area (Å²) in [7, 11) is 0. The van der Waals surface area contributed by atoms with Gasteiger partial charge in [-0.05, 0) is 65.6 Å². The number of H-pyrrole nitrogens is 1. The van der Waals surface area contributed by atoms with Crippen molar-refractivity contribution in [1.29, 1.82) is 0 Å². The molecule has 4 heteroatoms. The van der Waals surface area contributed by atoms with Crippen LogP contribution in [0.4, 0.5) is 0 Å². The minimum Gasteiger partial charge on any atom is -0.387 e. The molecule has 0 radical (unpaired) electrons. The predicted octanol–water partition coefficient (Wildman–Crippen LogP) is 3.44. The summed E-state index contributed by atoms with van der Waals surface area (Å²) in [4.78, 5) is 14.4. The maximum atomic E-state index is 11.5. The van der Waals surface area contributed by atoms with Gasteiger partial charge in [-0.15, -0.1) is 0 Å². The van der Waals surface area contributed by atoms with E-state index in [2.05, 4.69) is 36.3 Å². The molecule has 0 fully saturated rings. The highest BCUT2D eigenvalue weighted by Crippen LogP contribution is 2.28. The molecule has 1 aliphatic carbocycles. The van der Waals surface area contributed by atoms with Crippen molar-refractivity contribution in [3.05, 3.63) is 80.6 Å². The monoisotopic (exact) mass is 380 g/mol. The molecule has 1 atom stereocenters. The topological polar surface area (TPSA) is 65.1 Å². The number of aromatic amines is 1. The van der Waals surface area contributed by atoms with Crippen LogP contribution in [0.1, 0.15) is 47.8 Å². The van der Waals surface area contributed by atoms with Gasteiger partial charge in [0.05, 0.1) is 6.10 Å². The first-order valence-corrected chi connectivity index (χ1v) is 10.3. The number of fused-ring (bicyclic) bond motifs is 2. The van der Waals surface area contributed by atoms with E-state index in [4.69, 9.17) is 0 Å². The van der Waals surface area contributed by atoms with E-state index < -0.39 is 6.10 Å². The molecule has 1 heterocycles. The van der Waals surface area contributed by atoms with E-state index in [1.807, 2.05) is 18.2 Å². The molecule has 146 valence electrons. The first-order chi connectivity index (χ1) is 13.6. The highest BCUT2D eigenvalue weighted by molar-refractivity contribution is 5.82. The maximum Gasteiger partial charge on any atom is 0.248 e. The van der Waals surface area contributed by atoms with Crippen LogP contribution >= 0.6 is 0 Å². The van der Waals surface area contributed by atoms with E-state index in [9.17, 15) is 9.90 Å². The van der Waals surface area contributed by atoms with Gasteiger partial charge in [0.1, 0.15) is 0 Å². The van der Waals surface area contributed by atoms with Crippen molar-refractivity contribution in [2.24, 2.45) is 0 Å². The van der Waals surface area contributed by atoms with E-state index in [-0.39, 0.29) is 5.56 Å². The number of pyridine rings is 1. The van der Waals surface area contributed by atoms with Crippen molar-refractivity contribution in [2.45, 2.75) is 51.7 Å². The minimum atomic E-state index is -0.615. The lowest BCUT2D eigenvalue weighted by Gasteiger charge is -2.18.